The quantitative estimate of drug-likeness (QED) is 0.0448. The van der Waals surface area contributed by atoms with Gasteiger partial charge in [-0.2, -0.15) is 0 Å². The van der Waals surface area contributed by atoms with E-state index in [9.17, 15) is 20.4 Å². The van der Waals surface area contributed by atoms with Crippen molar-refractivity contribution in [2.75, 3.05) is 6.61 Å². The van der Waals surface area contributed by atoms with Crippen LogP contribution in [0.2, 0.25) is 0 Å². The van der Waals surface area contributed by atoms with E-state index in [1.807, 2.05) is 207 Å². The summed E-state index contributed by atoms with van der Waals surface area (Å²) in [6.07, 6.45) is -8.83. The fourth-order valence-electron chi connectivity index (χ4n) is 11.2. The largest absolute Gasteiger partial charge is 0.491 e. The van der Waals surface area contributed by atoms with Crippen LogP contribution in [0.1, 0.15) is 119 Å². The molecular weight excluding hydrogens is 1100 g/mol. The van der Waals surface area contributed by atoms with Gasteiger partial charge in [0.1, 0.15) is 36.4 Å². The van der Waals surface area contributed by atoms with Crippen molar-refractivity contribution in [3.63, 3.8) is 0 Å². The van der Waals surface area contributed by atoms with Gasteiger partial charge >= 0.3 is 0 Å². The summed E-state index contributed by atoms with van der Waals surface area (Å²) in [5.41, 5.74) is 6.91. The molecule has 14 nitrogen and oxygen atoms in total. The average molecular weight is 1180 g/mol. The maximum Gasteiger partial charge on any atom is 0.294 e. The molecule has 2 aliphatic carbocycles. The van der Waals surface area contributed by atoms with Gasteiger partial charge < -0.3 is 48.8 Å². The van der Waals surface area contributed by atoms with Crippen molar-refractivity contribution in [2.45, 2.75) is 174 Å². The first-order valence-electron chi connectivity index (χ1n) is 29.3. The maximum absolute atomic E-state index is 16.9. The van der Waals surface area contributed by atoms with Crippen LogP contribution in [0.5, 0.6) is 23.3 Å². The van der Waals surface area contributed by atoms with Gasteiger partial charge in [-0.15, -0.1) is 10.2 Å². The molecule has 0 saturated heterocycles. The number of ether oxygens (including phenoxy) is 6. The Morgan fingerprint density at radius 2 is 1.06 bits per heavy atom. The minimum atomic E-state index is -3.82. The first-order chi connectivity index (χ1) is 40.6. The molecular formula is C67H82F4N4O10. The van der Waals surface area contributed by atoms with Gasteiger partial charge in [0.15, 0.2) is 12.2 Å². The molecule has 0 bridgehead atoms. The molecule has 2 heterocycles. The molecule has 0 aliphatic heterocycles. The number of rotatable bonds is 23. The van der Waals surface area contributed by atoms with E-state index in [0.717, 1.165) is 44.8 Å². The number of aliphatic hydroxyl groups is 4. The molecule has 85 heavy (non-hydrogen) atoms. The number of nitrogens with zero attached hydrogens (tertiary/aromatic N) is 4. The Morgan fingerprint density at radius 3 is 1.58 bits per heavy atom. The molecule has 0 amide bonds. The second kappa shape index (κ2) is 28.6. The molecule has 18 heteroatoms. The smallest absolute Gasteiger partial charge is 0.294 e. The van der Waals surface area contributed by atoms with Crippen molar-refractivity contribution < 1.29 is 66.4 Å². The molecule has 0 spiro atoms. The van der Waals surface area contributed by atoms with Gasteiger partial charge in [0, 0.05) is 53.9 Å². The minimum Gasteiger partial charge on any atom is -0.491 e. The molecule has 5 aromatic carbocycles. The molecule has 2 aromatic heterocycles. The lowest BCUT2D eigenvalue weighted by molar-refractivity contribution is -0.268. The van der Waals surface area contributed by atoms with Gasteiger partial charge in [-0.1, -0.05) is 129 Å². The van der Waals surface area contributed by atoms with E-state index in [0.29, 0.717) is 30.8 Å². The molecule has 10 atom stereocenters. The monoisotopic (exact) mass is 1180 g/mol. The van der Waals surface area contributed by atoms with Crippen molar-refractivity contribution >= 4 is 0 Å². The summed E-state index contributed by atoms with van der Waals surface area (Å²) in [7, 11) is 0. The van der Waals surface area contributed by atoms with Gasteiger partial charge in [0.05, 0.1) is 44.1 Å². The van der Waals surface area contributed by atoms with E-state index in [1.54, 1.807) is 10.9 Å². The van der Waals surface area contributed by atoms with Crippen molar-refractivity contribution in [3.8, 4) is 23.3 Å². The van der Waals surface area contributed by atoms with Gasteiger partial charge in [-0.05, 0) is 113 Å². The number of aromatic nitrogens is 4. The average Bonchev–Trinajstić information content (AvgIpc) is 1.91. The number of hydrogen-bond acceptors (Lipinski definition) is 12. The highest BCUT2D eigenvalue weighted by molar-refractivity contribution is 5.39. The van der Waals surface area contributed by atoms with Crippen LogP contribution >= 0.6 is 0 Å². The first-order valence-corrected chi connectivity index (χ1v) is 29.3. The molecule has 2 saturated carbocycles. The van der Waals surface area contributed by atoms with Gasteiger partial charge in [-0.25, -0.2) is 17.6 Å². The molecule has 7 aromatic rings. The number of benzene rings is 5. The Kier molecular flexibility index (Phi) is 21.6. The van der Waals surface area contributed by atoms with Crippen LogP contribution in [-0.2, 0) is 42.1 Å². The highest BCUT2D eigenvalue weighted by Crippen LogP contribution is 2.49. The molecule has 2 aliphatic rings. The zero-order valence-corrected chi connectivity index (χ0v) is 49.9. The first kappa shape index (κ1) is 64.2. The predicted molar refractivity (Wildman–Crippen MR) is 315 cm³/mol. The Morgan fingerprint density at radius 1 is 0.553 bits per heavy atom. The standard InChI is InChI=1S/C44H50F2N2O4.C23H32F2N2O6/c1-6-39-31(4)40(50-28-35-18-12-8-13-19-35)41(51-29-36-20-14-9-15-21-36)42(44(39,45)46)52-43-38(32(5)48(47-43)30(2)3)26-33-22-24-37(25-23-33)49-27-34-16-10-7-11-17-34;1-12(2)27-10-15(9-14-5-7-16(8-6-14)32-13(3)4)22(26-27)33-21-20(31)19(30)18(29)17(11-28)23(21,24)25/h7-25,30-31,39-42H,6,26-29H2,1-5H3;5-8,10,12-13,17-21,28-31H,9,11H2,1-4H3/t31-,39-,40+,41-,42+;17-,18-,19+,20-,21+/m11/s1. The predicted octanol–water partition coefficient (Wildman–Crippen LogP) is 12.1. The zero-order valence-electron chi connectivity index (χ0n) is 49.9. The van der Waals surface area contributed by atoms with Crippen LogP contribution in [-0.4, -0.2) is 107 Å². The van der Waals surface area contributed by atoms with Crippen molar-refractivity contribution in [3.05, 3.63) is 190 Å². The number of aliphatic hydroxyl groups excluding tert-OH is 4. The second-order valence-corrected chi connectivity index (χ2v) is 23.1. The summed E-state index contributed by atoms with van der Waals surface area (Å²) < 4.78 is 104. The fourth-order valence-corrected chi connectivity index (χ4v) is 11.2. The Labute approximate surface area is 496 Å². The fraction of sp³-hybridized carbons (Fsp3) is 0.463. The number of alkyl halides is 4. The Balaban J connectivity index is 0.000000245. The van der Waals surface area contributed by atoms with E-state index < -0.39 is 78.9 Å². The lowest BCUT2D eigenvalue weighted by atomic mass is 9.71. The second-order valence-electron chi connectivity index (χ2n) is 23.1. The van der Waals surface area contributed by atoms with E-state index in [2.05, 4.69) is 5.10 Å². The highest BCUT2D eigenvalue weighted by atomic mass is 19.3. The zero-order chi connectivity index (χ0) is 61.2. The summed E-state index contributed by atoms with van der Waals surface area (Å²) in [6, 6.07) is 44.5. The van der Waals surface area contributed by atoms with Crippen LogP contribution in [0.15, 0.2) is 146 Å². The van der Waals surface area contributed by atoms with Crippen molar-refractivity contribution in [1.82, 2.24) is 19.6 Å². The topological polar surface area (TPSA) is 172 Å². The van der Waals surface area contributed by atoms with Gasteiger partial charge in [0.25, 0.3) is 11.8 Å². The van der Waals surface area contributed by atoms with E-state index in [1.165, 1.54) is 0 Å². The summed E-state index contributed by atoms with van der Waals surface area (Å²) in [6.45, 7) is 17.0. The summed E-state index contributed by atoms with van der Waals surface area (Å²) >= 11 is 0. The third-order valence-electron chi connectivity index (χ3n) is 15.9. The Bertz CT molecular complexity index is 3150. The van der Waals surface area contributed by atoms with E-state index >= 15 is 17.6 Å². The lowest BCUT2D eigenvalue weighted by Crippen LogP contribution is -2.67. The van der Waals surface area contributed by atoms with Crippen molar-refractivity contribution in [1.29, 1.82) is 0 Å². The number of halogens is 4. The molecule has 4 N–H and O–H groups in total. The Hall–Kier alpha value is -6.80. The van der Waals surface area contributed by atoms with Crippen LogP contribution in [0.4, 0.5) is 17.6 Å². The normalized spacial score (nSPS) is 23.6. The molecule has 0 unspecified atom stereocenters. The minimum absolute atomic E-state index is 0.00720. The van der Waals surface area contributed by atoms with Gasteiger partial charge in [-0.3, -0.25) is 9.36 Å². The molecule has 0 radical (unpaired) electrons. The van der Waals surface area contributed by atoms with E-state index in [-0.39, 0.29) is 49.6 Å². The third-order valence-corrected chi connectivity index (χ3v) is 15.9. The lowest BCUT2D eigenvalue weighted by Gasteiger charge is -2.49. The summed E-state index contributed by atoms with van der Waals surface area (Å²) in [5.74, 6) is -9.00. The summed E-state index contributed by atoms with van der Waals surface area (Å²) in [4.78, 5) is 0. The molecule has 458 valence electrons. The van der Waals surface area contributed by atoms with Crippen LogP contribution in [0.25, 0.3) is 0 Å². The van der Waals surface area contributed by atoms with Gasteiger partial charge in [0.2, 0.25) is 11.8 Å². The SMILES string of the molecule is CC(C)Oc1ccc(Cc2cn(C(C)C)nc2O[C@H]2[C@H](O)[C@@H](O)[C@H](O)[C@@H](CO)C2(F)F)cc1.CC[C@@H]1[C@@H](C)[C@H](OCc2ccccc2)[C@@H](OCc2ccccc2)[C@H](Oc2nn(C(C)C)c(C)c2Cc2ccc(OCc3ccccc3)cc2)C1(F)F. The molecule has 9 rings (SSSR count). The van der Waals surface area contributed by atoms with Crippen LogP contribution in [0, 0.1) is 24.7 Å². The van der Waals surface area contributed by atoms with E-state index in [4.69, 9.17) is 33.5 Å². The third kappa shape index (κ3) is 15.4. The van der Waals surface area contributed by atoms with Crippen molar-refractivity contribution in [2.24, 2.45) is 17.8 Å². The van der Waals surface area contributed by atoms with Crippen LogP contribution in [0.3, 0.4) is 0 Å². The number of hydrogen-bond donors (Lipinski definition) is 4. The maximum atomic E-state index is 16.9. The van der Waals surface area contributed by atoms with Crippen LogP contribution < -0.4 is 18.9 Å². The molecule has 2 fully saturated rings. The summed E-state index contributed by atoms with van der Waals surface area (Å²) in [5, 5.41) is 48.7. The highest BCUT2D eigenvalue weighted by Gasteiger charge is 2.64.